The molecule has 2 aromatic carbocycles. The molecular formula is C23H24N+. The van der Waals surface area contributed by atoms with E-state index >= 15 is 0 Å². The number of hydrogen-bond acceptors (Lipinski definition) is 0. The van der Waals surface area contributed by atoms with Crippen molar-refractivity contribution in [2.24, 2.45) is 0 Å². The lowest BCUT2D eigenvalue weighted by Gasteiger charge is -2.13. The van der Waals surface area contributed by atoms with Crippen LogP contribution < -0.4 is 4.57 Å². The van der Waals surface area contributed by atoms with Crippen molar-refractivity contribution in [1.29, 1.82) is 0 Å². The zero-order valence-electron chi connectivity index (χ0n) is 15.1. The maximum atomic E-state index is 2.44. The first-order valence-electron chi connectivity index (χ1n) is 8.72. The second kappa shape index (κ2) is 5.31. The SMILES string of the molecule is CC1=C(C)C(C)c2c1[n+](-c1c(C)cccc1C)cc1ccccc21. The molecule has 1 aliphatic rings. The molecule has 4 rings (SSSR count). The lowest BCUT2D eigenvalue weighted by molar-refractivity contribution is -0.597. The second-order valence-corrected chi connectivity index (χ2v) is 7.12. The Morgan fingerprint density at radius 1 is 0.833 bits per heavy atom. The molecule has 0 aliphatic heterocycles. The number of rotatable bonds is 1. The van der Waals surface area contributed by atoms with E-state index < -0.39 is 0 Å². The van der Waals surface area contributed by atoms with Crippen LogP contribution in [-0.4, -0.2) is 0 Å². The Morgan fingerprint density at radius 3 is 2.21 bits per heavy atom. The first-order valence-corrected chi connectivity index (χ1v) is 8.72. The highest BCUT2D eigenvalue weighted by Gasteiger charge is 2.35. The van der Waals surface area contributed by atoms with Crippen LogP contribution in [0, 0.1) is 13.8 Å². The molecule has 120 valence electrons. The van der Waals surface area contributed by atoms with Crippen molar-refractivity contribution in [2.75, 3.05) is 0 Å². The first kappa shape index (κ1) is 15.1. The molecule has 0 fully saturated rings. The maximum absolute atomic E-state index is 2.44. The van der Waals surface area contributed by atoms with Gasteiger partial charge in [-0.1, -0.05) is 48.9 Å². The summed E-state index contributed by atoms with van der Waals surface area (Å²) >= 11 is 0. The third-order valence-corrected chi connectivity index (χ3v) is 5.72. The fourth-order valence-electron chi connectivity index (χ4n) is 4.23. The molecule has 1 heterocycles. The van der Waals surface area contributed by atoms with Gasteiger partial charge in [0.2, 0.25) is 11.4 Å². The van der Waals surface area contributed by atoms with Crippen LogP contribution in [0.5, 0.6) is 0 Å². The Kier molecular flexibility index (Phi) is 3.35. The summed E-state index contributed by atoms with van der Waals surface area (Å²) in [6.45, 7) is 11.3. The van der Waals surface area contributed by atoms with Gasteiger partial charge in [0.1, 0.15) is 0 Å². The van der Waals surface area contributed by atoms with Crippen LogP contribution in [0.3, 0.4) is 0 Å². The zero-order chi connectivity index (χ0) is 17.0. The molecule has 0 spiro atoms. The number of pyridine rings is 1. The number of aryl methyl sites for hydroxylation is 2. The molecule has 0 bridgehead atoms. The molecule has 0 N–H and O–H groups in total. The molecule has 0 saturated heterocycles. The maximum Gasteiger partial charge on any atom is 0.218 e. The van der Waals surface area contributed by atoms with Crippen molar-refractivity contribution < 1.29 is 4.57 Å². The molecule has 0 amide bonds. The molecule has 1 nitrogen and oxygen atoms in total. The minimum atomic E-state index is 0.474. The lowest BCUT2D eigenvalue weighted by Crippen LogP contribution is -2.37. The highest BCUT2D eigenvalue weighted by Crippen LogP contribution is 2.43. The fraction of sp³-hybridized carbons (Fsp3) is 0.261. The number of aromatic nitrogens is 1. The molecular weight excluding hydrogens is 290 g/mol. The van der Waals surface area contributed by atoms with Gasteiger partial charge in [-0.15, -0.1) is 0 Å². The van der Waals surface area contributed by atoms with E-state index in [1.807, 2.05) is 0 Å². The van der Waals surface area contributed by atoms with E-state index in [1.165, 1.54) is 50.0 Å². The third kappa shape index (κ3) is 1.97. The van der Waals surface area contributed by atoms with Gasteiger partial charge in [0.05, 0.1) is 0 Å². The minimum Gasteiger partial charge on any atom is -0.159 e. The molecule has 24 heavy (non-hydrogen) atoms. The van der Waals surface area contributed by atoms with Crippen LogP contribution in [0.2, 0.25) is 0 Å². The van der Waals surface area contributed by atoms with Gasteiger partial charge in [-0.25, -0.2) is 0 Å². The van der Waals surface area contributed by atoms with E-state index in [-0.39, 0.29) is 0 Å². The molecule has 1 atom stereocenters. The van der Waals surface area contributed by atoms with Crippen LogP contribution in [0.25, 0.3) is 22.0 Å². The van der Waals surface area contributed by atoms with Gasteiger partial charge < -0.3 is 0 Å². The predicted octanol–water partition coefficient (Wildman–Crippen LogP) is 5.64. The summed E-state index contributed by atoms with van der Waals surface area (Å²) in [5.74, 6) is 0.474. The Labute approximate surface area is 144 Å². The van der Waals surface area contributed by atoms with Crippen LogP contribution in [0.1, 0.15) is 49.1 Å². The van der Waals surface area contributed by atoms with Crippen LogP contribution in [0.15, 0.2) is 54.2 Å². The molecule has 1 aromatic heterocycles. The van der Waals surface area contributed by atoms with Crippen molar-refractivity contribution in [3.8, 4) is 5.69 Å². The van der Waals surface area contributed by atoms with E-state index in [1.54, 1.807) is 0 Å². The van der Waals surface area contributed by atoms with E-state index in [0.717, 1.165) is 0 Å². The van der Waals surface area contributed by atoms with Gasteiger partial charge in [-0.05, 0) is 39.1 Å². The third-order valence-electron chi connectivity index (χ3n) is 5.72. The minimum absolute atomic E-state index is 0.474. The number of para-hydroxylation sites is 1. The largest absolute Gasteiger partial charge is 0.218 e. The van der Waals surface area contributed by atoms with E-state index in [9.17, 15) is 0 Å². The molecule has 0 radical (unpaired) electrons. The number of nitrogens with zero attached hydrogens (tertiary/aromatic N) is 1. The standard InChI is InChI=1S/C23H24N/c1-14-9-8-10-15(2)22(14)24-13-19-11-6-7-12-20(19)21-17(4)16(3)18(5)23(21)24/h6-13,17H,1-5H3/q+1. The van der Waals surface area contributed by atoms with Crippen LogP contribution in [0.4, 0.5) is 0 Å². The summed E-state index contributed by atoms with van der Waals surface area (Å²) in [4.78, 5) is 0. The smallest absolute Gasteiger partial charge is 0.159 e. The predicted molar refractivity (Wildman–Crippen MR) is 102 cm³/mol. The quantitative estimate of drug-likeness (QED) is 0.511. The summed E-state index contributed by atoms with van der Waals surface area (Å²) in [7, 11) is 0. The lowest BCUT2D eigenvalue weighted by atomic mass is 9.95. The summed E-state index contributed by atoms with van der Waals surface area (Å²) in [5, 5.41) is 2.70. The highest BCUT2D eigenvalue weighted by atomic mass is 15.0. The van der Waals surface area contributed by atoms with Gasteiger partial charge in [-0.2, -0.15) is 4.57 Å². The van der Waals surface area contributed by atoms with Gasteiger partial charge in [-0.3, -0.25) is 0 Å². The van der Waals surface area contributed by atoms with Gasteiger partial charge in [0.15, 0.2) is 6.20 Å². The monoisotopic (exact) mass is 314 g/mol. The summed E-state index contributed by atoms with van der Waals surface area (Å²) < 4.78 is 2.44. The van der Waals surface area contributed by atoms with Crippen LogP contribution in [-0.2, 0) is 0 Å². The topological polar surface area (TPSA) is 3.88 Å². The normalized spacial score (nSPS) is 16.8. The Morgan fingerprint density at radius 2 is 1.50 bits per heavy atom. The Balaban J connectivity index is 2.19. The average molecular weight is 314 g/mol. The average Bonchev–Trinajstić information content (AvgIpc) is 2.80. The van der Waals surface area contributed by atoms with E-state index in [2.05, 4.69) is 87.8 Å². The molecule has 0 saturated carbocycles. The summed E-state index contributed by atoms with van der Waals surface area (Å²) in [5.41, 5.74) is 9.74. The van der Waals surface area contributed by atoms with Crippen molar-refractivity contribution in [3.63, 3.8) is 0 Å². The van der Waals surface area contributed by atoms with E-state index in [4.69, 9.17) is 0 Å². The molecule has 1 heteroatoms. The Hall–Kier alpha value is -2.41. The fourth-order valence-corrected chi connectivity index (χ4v) is 4.23. The van der Waals surface area contributed by atoms with Gasteiger partial charge >= 0.3 is 0 Å². The summed E-state index contributed by atoms with van der Waals surface area (Å²) in [6, 6.07) is 15.4. The van der Waals surface area contributed by atoms with Crippen molar-refractivity contribution in [2.45, 2.75) is 40.5 Å². The highest BCUT2D eigenvalue weighted by molar-refractivity contribution is 5.91. The van der Waals surface area contributed by atoms with Crippen molar-refractivity contribution in [3.05, 3.63) is 76.6 Å². The van der Waals surface area contributed by atoms with Crippen molar-refractivity contribution >= 4 is 16.3 Å². The molecule has 1 unspecified atom stereocenters. The van der Waals surface area contributed by atoms with Gasteiger partial charge in [0.25, 0.3) is 0 Å². The Bertz CT molecular complexity index is 988. The van der Waals surface area contributed by atoms with Crippen molar-refractivity contribution in [1.82, 2.24) is 0 Å². The van der Waals surface area contributed by atoms with Gasteiger partial charge in [0, 0.05) is 33.6 Å². The summed E-state index contributed by atoms with van der Waals surface area (Å²) in [6.07, 6.45) is 2.32. The van der Waals surface area contributed by atoms with E-state index in [0.29, 0.717) is 5.92 Å². The number of benzene rings is 2. The number of fused-ring (bicyclic) bond motifs is 3. The number of allylic oxidation sites excluding steroid dienone is 2. The number of hydrogen-bond donors (Lipinski definition) is 0. The molecule has 1 aliphatic carbocycles. The molecule has 3 aromatic rings. The second-order valence-electron chi connectivity index (χ2n) is 7.12. The first-order chi connectivity index (χ1) is 11.5. The van der Waals surface area contributed by atoms with Crippen LogP contribution >= 0.6 is 0 Å². The zero-order valence-corrected chi connectivity index (χ0v) is 15.1.